The van der Waals surface area contributed by atoms with Crippen LogP contribution in [0.5, 0.6) is 5.75 Å². The molecular formula is C15H21NO3. The topological polar surface area (TPSA) is 58.6 Å². The van der Waals surface area contributed by atoms with Crippen LogP contribution in [-0.2, 0) is 4.74 Å². The molecule has 2 rings (SSSR count). The molecule has 0 unspecified atom stereocenters. The van der Waals surface area contributed by atoms with Crippen molar-refractivity contribution in [2.45, 2.75) is 38.7 Å². The molecule has 0 bridgehead atoms. The van der Waals surface area contributed by atoms with Crippen LogP contribution in [0.15, 0.2) is 18.2 Å². The van der Waals surface area contributed by atoms with Crippen molar-refractivity contribution in [1.82, 2.24) is 5.32 Å². The number of phenols is 1. The molecule has 4 heteroatoms. The highest BCUT2D eigenvalue weighted by Gasteiger charge is 2.15. The molecule has 0 aromatic heterocycles. The zero-order valence-corrected chi connectivity index (χ0v) is 11.3. The molecule has 0 spiro atoms. The smallest absolute Gasteiger partial charge is 0.251 e. The Morgan fingerprint density at radius 3 is 2.84 bits per heavy atom. The summed E-state index contributed by atoms with van der Waals surface area (Å²) >= 11 is 0. The van der Waals surface area contributed by atoms with Gasteiger partial charge in [0.2, 0.25) is 0 Å². The Balaban J connectivity index is 1.72. The highest BCUT2D eigenvalue weighted by molar-refractivity contribution is 5.94. The minimum absolute atomic E-state index is 0.127. The average Bonchev–Trinajstić information content (AvgIpc) is 2.91. The minimum atomic E-state index is -0.127. The van der Waals surface area contributed by atoms with Crippen molar-refractivity contribution < 1.29 is 14.6 Å². The van der Waals surface area contributed by atoms with Gasteiger partial charge < -0.3 is 15.2 Å². The summed E-state index contributed by atoms with van der Waals surface area (Å²) in [5.74, 6) is 0.0826. The lowest BCUT2D eigenvalue weighted by Crippen LogP contribution is -2.28. The summed E-state index contributed by atoms with van der Waals surface area (Å²) in [6, 6.07) is 4.84. The molecule has 104 valence electrons. The normalized spacial score (nSPS) is 15.6. The number of carbonyl (C=O) groups is 1. The molecule has 2 N–H and O–H groups in total. The Morgan fingerprint density at radius 2 is 2.16 bits per heavy atom. The second kappa shape index (κ2) is 6.57. The molecule has 0 saturated heterocycles. The highest BCUT2D eigenvalue weighted by Crippen LogP contribution is 2.20. The standard InChI is InChI=1S/C15H21NO3/c1-11-10-12(6-7-14(11)17)15(18)16-8-9-19-13-4-2-3-5-13/h6-7,10,13,17H,2-5,8-9H2,1H3,(H,16,18). The number of aryl methyl sites for hydroxylation is 1. The van der Waals surface area contributed by atoms with Gasteiger partial charge in [-0.2, -0.15) is 0 Å². The zero-order chi connectivity index (χ0) is 13.7. The van der Waals surface area contributed by atoms with Crippen LogP contribution < -0.4 is 5.32 Å². The van der Waals surface area contributed by atoms with E-state index >= 15 is 0 Å². The summed E-state index contributed by atoms with van der Waals surface area (Å²) < 4.78 is 5.68. The molecule has 1 aromatic carbocycles. The van der Waals surface area contributed by atoms with Gasteiger partial charge in [0.15, 0.2) is 0 Å². The maximum atomic E-state index is 11.9. The van der Waals surface area contributed by atoms with Gasteiger partial charge in [0.1, 0.15) is 5.75 Å². The van der Waals surface area contributed by atoms with Gasteiger partial charge >= 0.3 is 0 Å². The largest absolute Gasteiger partial charge is 0.508 e. The summed E-state index contributed by atoms with van der Waals surface area (Å²) in [6.07, 6.45) is 5.18. The summed E-state index contributed by atoms with van der Waals surface area (Å²) in [5.41, 5.74) is 1.27. The van der Waals surface area contributed by atoms with Gasteiger partial charge in [-0.1, -0.05) is 12.8 Å². The number of nitrogens with one attached hydrogen (secondary N) is 1. The zero-order valence-electron chi connectivity index (χ0n) is 11.3. The number of hydrogen-bond acceptors (Lipinski definition) is 3. The Morgan fingerprint density at radius 1 is 1.42 bits per heavy atom. The molecule has 1 fully saturated rings. The van der Waals surface area contributed by atoms with Crippen molar-refractivity contribution in [1.29, 1.82) is 0 Å². The van der Waals surface area contributed by atoms with Crippen molar-refractivity contribution in [2.75, 3.05) is 13.2 Å². The fourth-order valence-corrected chi connectivity index (χ4v) is 2.34. The molecule has 1 aliphatic rings. The van der Waals surface area contributed by atoms with E-state index in [1.54, 1.807) is 25.1 Å². The van der Waals surface area contributed by atoms with Crippen LogP contribution in [0.4, 0.5) is 0 Å². The van der Waals surface area contributed by atoms with E-state index in [1.165, 1.54) is 12.8 Å². The van der Waals surface area contributed by atoms with Gasteiger partial charge in [-0.05, 0) is 43.5 Å². The average molecular weight is 263 g/mol. The van der Waals surface area contributed by atoms with Crippen molar-refractivity contribution in [2.24, 2.45) is 0 Å². The van der Waals surface area contributed by atoms with Gasteiger partial charge in [0, 0.05) is 12.1 Å². The first-order valence-electron chi connectivity index (χ1n) is 6.86. The predicted molar refractivity (Wildman–Crippen MR) is 73.4 cm³/mol. The van der Waals surface area contributed by atoms with E-state index in [2.05, 4.69) is 5.32 Å². The van der Waals surface area contributed by atoms with Gasteiger partial charge in [-0.25, -0.2) is 0 Å². The Labute approximate surface area is 113 Å². The Bertz CT molecular complexity index is 439. The predicted octanol–water partition coefficient (Wildman–Crippen LogP) is 2.39. The fraction of sp³-hybridized carbons (Fsp3) is 0.533. The molecule has 1 aromatic rings. The first kappa shape index (κ1) is 13.9. The van der Waals surface area contributed by atoms with Crippen molar-refractivity contribution in [3.8, 4) is 5.75 Å². The van der Waals surface area contributed by atoms with Crippen LogP contribution in [-0.4, -0.2) is 30.3 Å². The summed E-state index contributed by atoms with van der Waals surface area (Å²) in [5, 5.41) is 12.2. The lowest BCUT2D eigenvalue weighted by atomic mass is 10.1. The van der Waals surface area contributed by atoms with Gasteiger partial charge in [0.25, 0.3) is 5.91 Å². The van der Waals surface area contributed by atoms with Crippen molar-refractivity contribution in [3.63, 3.8) is 0 Å². The molecule has 0 heterocycles. The molecule has 4 nitrogen and oxygen atoms in total. The van der Waals surface area contributed by atoms with Crippen LogP contribution in [0.2, 0.25) is 0 Å². The van der Waals surface area contributed by atoms with Crippen molar-refractivity contribution in [3.05, 3.63) is 29.3 Å². The van der Waals surface area contributed by atoms with Gasteiger partial charge in [-0.3, -0.25) is 4.79 Å². The third-order valence-electron chi connectivity index (χ3n) is 3.50. The number of aromatic hydroxyl groups is 1. The molecule has 1 aliphatic carbocycles. The maximum Gasteiger partial charge on any atom is 0.251 e. The number of hydrogen-bond donors (Lipinski definition) is 2. The van der Waals surface area contributed by atoms with E-state index in [1.807, 2.05) is 0 Å². The van der Waals surface area contributed by atoms with E-state index in [0.717, 1.165) is 12.8 Å². The SMILES string of the molecule is Cc1cc(C(=O)NCCOC2CCCC2)ccc1O. The van der Waals surface area contributed by atoms with Gasteiger partial charge in [0.05, 0.1) is 12.7 Å². The Kier molecular flexibility index (Phi) is 4.80. The second-order valence-corrected chi connectivity index (χ2v) is 5.03. The van der Waals surface area contributed by atoms with Gasteiger partial charge in [-0.15, -0.1) is 0 Å². The monoisotopic (exact) mass is 263 g/mol. The van der Waals surface area contributed by atoms with E-state index in [4.69, 9.17) is 4.74 Å². The quantitative estimate of drug-likeness (QED) is 0.802. The molecule has 1 saturated carbocycles. The summed E-state index contributed by atoms with van der Waals surface area (Å²) in [6.45, 7) is 2.86. The third kappa shape index (κ3) is 3.96. The van der Waals surface area contributed by atoms with Crippen LogP contribution >= 0.6 is 0 Å². The first-order valence-corrected chi connectivity index (χ1v) is 6.86. The number of rotatable bonds is 5. The molecular weight excluding hydrogens is 242 g/mol. The van der Waals surface area contributed by atoms with E-state index in [9.17, 15) is 9.90 Å². The second-order valence-electron chi connectivity index (χ2n) is 5.03. The van der Waals surface area contributed by atoms with E-state index < -0.39 is 0 Å². The maximum absolute atomic E-state index is 11.9. The number of benzene rings is 1. The van der Waals surface area contributed by atoms with Crippen LogP contribution in [0.25, 0.3) is 0 Å². The molecule has 0 atom stereocenters. The van der Waals surface area contributed by atoms with Crippen LogP contribution in [0.3, 0.4) is 0 Å². The first-order chi connectivity index (χ1) is 9.16. The van der Waals surface area contributed by atoms with Crippen molar-refractivity contribution >= 4 is 5.91 Å². The highest BCUT2D eigenvalue weighted by atomic mass is 16.5. The molecule has 0 aliphatic heterocycles. The number of phenolic OH excluding ortho intramolecular Hbond substituents is 1. The lowest BCUT2D eigenvalue weighted by molar-refractivity contribution is 0.0582. The van der Waals surface area contributed by atoms with E-state index in [-0.39, 0.29) is 11.7 Å². The summed E-state index contributed by atoms with van der Waals surface area (Å²) in [4.78, 5) is 11.9. The van der Waals surface area contributed by atoms with Crippen LogP contribution in [0.1, 0.15) is 41.6 Å². The summed E-state index contributed by atoms with van der Waals surface area (Å²) in [7, 11) is 0. The number of amides is 1. The molecule has 1 amide bonds. The molecule has 0 radical (unpaired) electrons. The Hall–Kier alpha value is -1.55. The third-order valence-corrected chi connectivity index (χ3v) is 3.50. The minimum Gasteiger partial charge on any atom is -0.508 e. The number of ether oxygens (including phenoxy) is 1. The fourth-order valence-electron chi connectivity index (χ4n) is 2.34. The lowest BCUT2D eigenvalue weighted by Gasteiger charge is -2.11. The van der Waals surface area contributed by atoms with E-state index in [0.29, 0.717) is 30.4 Å². The number of carbonyl (C=O) groups excluding carboxylic acids is 1. The van der Waals surface area contributed by atoms with Crippen LogP contribution in [0, 0.1) is 6.92 Å². The molecule has 19 heavy (non-hydrogen) atoms.